The molecule has 2 saturated heterocycles. The molecule has 3 aliphatic rings. The van der Waals surface area contributed by atoms with Crippen molar-refractivity contribution in [3.63, 3.8) is 0 Å². The number of benzene rings is 1. The molecule has 2 fully saturated rings. The third-order valence-electron chi connectivity index (χ3n) is 7.69. The van der Waals surface area contributed by atoms with Crippen molar-refractivity contribution < 1.29 is 9.59 Å². The van der Waals surface area contributed by atoms with Crippen LogP contribution in [0.1, 0.15) is 50.4 Å². The summed E-state index contributed by atoms with van der Waals surface area (Å²) >= 11 is 0. The van der Waals surface area contributed by atoms with E-state index in [1.165, 1.54) is 5.56 Å². The van der Waals surface area contributed by atoms with E-state index in [4.69, 9.17) is 4.98 Å². The van der Waals surface area contributed by atoms with E-state index in [0.717, 1.165) is 49.3 Å². The molecule has 3 aliphatic heterocycles. The smallest absolute Gasteiger partial charge is 0.241 e. The van der Waals surface area contributed by atoms with E-state index < -0.39 is 0 Å². The second kappa shape index (κ2) is 12.1. The largest absolute Gasteiger partial charge is 0.341 e. The lowest BCUT2D eigenvalue weighted by atomic mass is 9.88. The molecular formula is C28H39Cl2N5O2. The first-order chi connectivity index (χ1) is 16.8. The number of aromatic nitrogens is 1. The summed E-state index contributed by atoms with van der Waals surface area (Å²) in [6.45, 7) is 10.3. The Labute approximate surface area is 232 Å². The number of nitrogens with one attached hydrogen (secondary N) is 1. The lowest BCUT2D eigenvalue weighted by Gasteiger charge is -2.40. The van der Waals surface area contributed by atoms with Crippen LogP contribution in [-0.2, 0) is 21.4 Å². The van der Waals surface area contributed by atoms with Gasteiger partial charge in [-0.1, -0.05) is 44.2 Å². The van der Waals surface area contributed by atoms with Gasteiger partial charge in [0.25, 0.3) is 0 Å². The molecule has 1 aromatic carbocycles. The molecule has 2 amide bonds. The molecule has 0 radical (unpaired) electrons. The fourth-order valence-electron chi connectivity index (χ4n) is 5.73. The molecule has 0 unspecified atom stereocenters. The van der Waals surface area contributed by atoms with Gasteiger partial charge < -0.3 is 15.1 Å². The fourth-order valence-corrected chi connectivity index (χ4v) is 5.73. The zero-order valence-electron chi connectivity index (χ0n) is 22.0. The predicted molar refractivity (Wildman–Crippen MR) is 152 cm³/mol. The minimum Gasteiger partial charge on any atom is -0.341 e. The van der Waals surface area contributed by atoms with Crippen LogP contribution in [-0.4, -0.2) is 78.0 Å². The highest BCUT2D eigenvalue weighted by atomic mass is 35.5. The van der Waals surface area contributed by atoms with Gasteiger partial charge in [-0.15, -0.1) is 24.8 Å². The lowest BCUT2D eigenvalue weighted by molar-refractivity contribution is -0.137. The van der Waals surface area contributed by atoms with Crippen LogP contribution in [0.2, 0.25) is 0 Å². The lowest BCUT2D eigenvalue weighted by Crippen LogP contribution is -2.62. The zero-order chi connectivity index (χ0) is 24.6. The molecule has 37 heavy (non-hydrogen) atoms. The van der Waals surface area contributed by atoms with E-state index in [1.54, 1.807) is 0 Å². The maximum atomic E-state index is 13.7. The molecule has 1 N–H and O–H groups in total. The fraction of sp³-hybridized carbons (Fsp3) is 0.536. The normalized spacial score (nSPS) is 22.7. The summed E-state index contributed by atoms with van der Waals surface area (Å²) in [5.41, 5.74) is 4.08. The van der Waals surface area contributed by atoms with Gasteiger partial charge in [-0.2, -0.15) is 0 Å². The standard InChI is InChI=1S/C28H37N5O2.2ClH/c1-20-17-32(25(16-29-20)27(35)31-11-7-8-12-31)18-26(34)33-19-28(2,3)23-15-30-22(14-24(23)33)13-21-9-5-4-6-10-21;;/h4-6,9-10,14-15,20,25,29H,7-8,11-13,16-19H2,1-3H3;2*1H/t20-,25-;;/m1../s1. The number of carbonyl (C=O) groups excluding carboxylic acids is 2. The van der Waals surface area contributed by atoms with Gasteiger partial charge in [0.2, 0.25) is 11.8 Å². The Bertz CT molecular complexity index is 1090. The molecule has 0 spiro atoms. The second-order valence-electron chi connectivity index (χ2n) is 11.0. The Morgan fingerprint density at radius 3 is 2.51 bits per heavy atom. The highest BCUT2D eigenvalue weighted by Crippen LogP contribution is 2.40. The first-order valence-corrected chi connectivity index (χ1v) is 12.9. The zero-order valence-corrected chi connectivity index (χ0v) is 23.6. The molecule has 0 saturated carbocycles. The highest BCUT2D eigenvalue weighted by molar-refractivity contribution is 5.98. The third kappa shape index (κ3) is 6.28. The Morgan fingerprint density at radius 1 is 1.11 bits per heavy atom. The van der Waals surface area contributed by atoms with Crippen LogP contribution in [0.3, 0.4) is 0 Å². The van der Waals surface area contributed by atoms with Crippen molar-refractivity contribution in [1.82, 2.24) is 20.1 Å². The molecule has 5 rings (SSSR count). The first kappa shape index (κ1) is 29.4. The predicted octanol–water partition coefficient (Wildman–Crippen LogP) is 3.42. The topological polar surface area (TPSA) is 68.8 Å². The van der Waals surface area contributed by atoms with Crippen molar-refractivity contribution in [2.75, 3.05) is 44.2 Å². The maximum Gasteiger partial charge on any atom is 0.241 e. The van der Waals surface area contributed by atoms with Gasteiger partial charge >= 0.3 is 0 Å². The van der Waals surface area contributed by atoms with E-state index in [0.29, 0.717) is 19.6 Å². The minimum absolute atomic E-state index is 0. The average molecular weight is 549 g/mol. The Balaban J connectivity index is 0.00000190. The van der Waals surface area contributed by atoms with Gasteiger partial charge in [0.05, 0.1) is 12.2 Å². The molecule has 0 aliphatic carbocycles. The number of anilines is 1. The maximum absolute atomic E-state index is 13.7. The molecule has 202 valence electrons. The number of amides is 2. The van der Waals surface area contributed by atoms with Gasteiger partial charge in [0.1, 0.15) is 6.04 Å². The summed E-state index contributed by atoms with van der Waals surface area (Å²) in [4.78, 5) is 37.7. The third-order valence-corrected chi connectivity index (χ3v) is 7.69. The van der Waals surface area contributed by atoms with E-state index in [2.05, 4.69) is 49.2 Å². The van der Waals surface area contributed by atoms with Crippen molar-refractivity contribution in [3.8, 4) is 0 Å². The molecule has 1 aromatic heterocycles. The van der Waals surface area contributed by atoms with Gasteiger partial charge in [0, 0.05) is 68.1 Å². The monoisotopic (exact) mass is 547 g/mol. The van der Waals surface area contributed by atoms with Gasteiger partial charge in [0.15, 0.2) is 0 Å². The molecule has 7 nitrogen and oxygen atoms in total. The summed E-state index contributed by atoms with van der Waals surface area (Å²) < 4.78 is 0. The number of halogens is 2. The Kier molecular flexibility index (Phi) is 9.62. The van der Waals surface area contributed by atoms with E-state index in [1.807, 2.05) is 34.2 Å². The second-order valence-corrected chi connectivity index (χ2v) is 11.0. The quantitative estimate of drug-likeness (QED) is 0.621. The molecule has 2 atom stereocenters. The Morgan fingerprint density at radius 2 is 1.81 bits per heavy atom. The average Bonchev–Trinajstić information content (AvgIpc) is 3.46. The van der Waals surface area contributed by atoms with Crippen LogP contribution < -0.4 is 10.2 Å². The summed E-state index contributed by atoms with van der Waals surface area (Å²) in [5, 5.41) is 3.45. The molecule has 9 heteroatoms. The number of carbonyl (C=O) groups is 2. The summed E-state index contributed by atoms with van der Waals surface area (Å²) in [5.74, 6) is 0.216. The van der Waals surface area contributed by atoms with Crippen molar-refractivity contribution in [2.45, 2.75) is 57.5 Å². The van der Waals surface area contributed by atoms with Crippen LogP contribution in [0.5, 0.6) is 0 Å². The van der Waals surface area contributed by atoms with Crippen LogP contribution in [0, 0.1) is 0 Å². The van der Waals surface area contributed by atoms with Gasteiger partial charge in [-0.3, -0.25) is 19.5 Å². The van der Waals surface area contributed by atoms with Gasteiger partial charge in [-0.05, 0) is 31.4 Å². The van der Waals surface area contributed by atoms with E-state index in [9.17, 15) is 9.59 Å². The Hall–Kier alpha value is -2.19. The number of likely N-dealkylation sites (tertiary alicyclic amines) is 1. The summed E-state index contributed by atoms with van der Waals surface area (Å²) in [6.07, 6.45) is 4.83. The van der Waals surface area contributed by atoms with Crippen molar-refractivity contribution in [2.24, 2.45) is 0 Å². The van der Waals surface area contributed by atoms with Crippen LogP contribution >= 0.6 is 24.8 Å². The van der Waals surface area contributed by atoms with Crippen molar-refractivity contribution in [1.29, 1.82) is 0 Å². The van der Waals surface area contributed by atoms with Crippen LogP contribution in [0.15, 0.2) is 42.6 Å². The number of pyridine rings is 1. The van der Waals surface area contributed by atoms with E-state index in [-0.39, 0.29) is 60.7 Å². The van der Waals surface area contributed by atoms with E-state index >= 15 is 0 Å². The number of hydrogen-bond donors (Lipinski definition) is 1. The molecule has 4 heterocycles. The summed E-state index contributed by atoms with van der Waals surface area (Å²) in [7, 11) is 0. The van der Waals surface area contributed by atoms with Gasteiger partial charge in [-0.25, -0.2) is 0 Å². The minimum atomic E-state index is -0.283. The van der Waals surface area contributed by atoms with Crippen molar-refractivity contribution in [3.05, 3.63) is 59.4 Å². The highest BCUT2D eigenvalue weighted by Gasteiger charge is 2.41. The number of fused-ring (bicyclic) bond motifs is 1. The number of hydrogen-bond acceptors (Lipinski definition) is 5. The first-order valence-electron chi connectivity index (χ1n) is 12.9. The van der Waals surface area contributed by atoms with Crippen LogP contribution in [0.4, 0.5) is 5.69 Å². The number of nitrogens with zero attached hydrogens (tertiary/aromatic N) is 4. The number of piperazine rings is 1. The molecular weight excluding hydrogens is 509 g/mol. The SMILES string of the molecule is C[C@@H]1CN(CC(=O)N2CC(C)(C)c3cnc(Cc4ccccc4)cc32)[C@@H](C(=O)N2CCCC2)CN1.Cl.Cl. The van der Waals surface area contributed by atoms with Crippen LogP contribution in [0.25, 0.3) is 0 Å². The van der Waals surface area contributed by atoms with Crippen molar-refractivity contribution >= 4 is 42.3 Å². The summed E-state index contributed by atoms with van der Waals surface area (Å²) in [6, 6.07) is 12.3. The molecule has 2 aromatic rings. The number of rotatable bonds is 5. The molecule has 0 bridgehead atoms.